The minimum absolute atomic E-state index is 0.00478. The number of alkyl halides is 3. The largest absolute Gasteiger partial charge is 0.401 e. The molecule has 1 amide bonds. The molecule has 2 aromatic heterocycles. The normalized spacial score (nSPS) is 12.5. The Labute approximate surface area is 161 Å². The molecule has 0 saturated carbocycles. The fraction of sp³-hybridized carbons (Fsp3) is 0.312. The van der Waals surface area contributed by atoms with Crippen molar-refractivity contribution in [2.75, 3.05) is 17.7 Å². The quantitative estimate of drug-likeness (QED) is 0.646. The number of amides is 1. The number of rotatable bonds is 6. The van der Waals surface area contributed by atoms with E-state index in [0.717, 1.165) is 16.2 Å². The lowest BCUT2D eigenvalue weighted by molar-refractivity contribution is -0.138. The van der Waals surface area contributed by atoms with E-state index in [1.165, 1.54) is 6.26 Å². The highest BCUT2D eigenvalue weighted by molar-refractivity contribution is 7.99. The van der Waals surface area contributed by atoms with E-state index >= 15 is 0 Å². The van der Waals surface area contributed by atoms with Gasteiger partial charge in [0.2, 0.25) is 5.91 Å². The van der Waals surface area contributed by atoms with Crippen LogP contribution in [0, 0.1) is 12.3 Å². The summed E-state index contributed by atoms with van der Waals surface area (Å²) in [6.07, 6.45) is 4.52. The Morgan fingerprint density at radius 3 is 2.81 bits per heavy atom. The van der Waals surface area contributed by atoms with Crippen LogP contribution in [-0.2, 0) is 4.79 Å². The van der Waals surface area contributed by atoms with E-state index in [1.54, 1.807) is 24.5 Å². The summed E-state index contributed by atoms with van der Waals surface area (Å²) in [7, 11) is 0. The first-order valence-electron chi connectivity index (χ1n) is 7.18. The standard InChI is InChI=1S/C16H13ClF3N3OS2/c1-3-7-23(12(24)8-11(25-2)16(18,19)20)15-13(17)22-14(26-15)10-5-4-6-21-9-10/h1,4-6,9,11H,7-8H2,2H3. The summed E-state index contributed by atoms with van der Waals surface area (Å²) >= 11 is 7.75. The fourth-order valence-corrected chi connectivity index (χ4v) is 3.93. The van der Waals surface area contributed by atoms with Crippen molar-refractivity contribution in [1.29, 1.82) is 0 Å². The third-order valence-corrected chi connectivity index (χ3v) is 5.79. The lowest BCUT2D eigenvalue weighted by Gasteiger charge is -2.23. The molecular weight excluding hydrogens is 407 g/mol. The molecule has 2 rings (SSSR count). The molecule has 0 fully saturated rings. The van der Waals surface area contributed by atoms with E-state index in [1.807, 2.05) is 0 Å². The molecule has 0 spiro atoms. The average molecular weight is 420 g/mol. The van der Waals surface area contributed by atoms with Crippen LogP contribution in [-0.4, -0.2) is 40.1 Å². The van der Waals surface area contributed by atoms with Crippen LogP contribution in [0.25, 0.3) is 10.6 Å². The first-order valence-corrected chi connectivity index (χ1v) is 9.66. The molecule has 26 heavy (non-hydrogen) atoms. The van der Waals surface area contributed by atoms with Crippen LogP contribution in [0.1, 0.15) is 6.42 Å². The molecule has 4 nitrogen and oxygen atoms in total. The minimum atomic E-state index is -4.49. The second-order valence-electron chi connectivity index (χ2n) is 5.01. The Bertz CT molecular complexity index is 805. The Balaban J connectivity index is 2.31. The van der Waals surface area contributed by atoms with E-state index in [0.29, 0.717) is 22.3 Å². The summed E-state index contributed by atoms with van der Waals surface area (Å²) in [5.41, 5.74) is 0.677. The van der Waals surface area contributed by atoms with Crippen molar-refractivity contribution in [1.82, 2.24) is 9.97 Å². The molecule has 0 saturated heterocycles. The summed E-state index contributed by atoms with van der Waals surface area (Å²) in [5.74, 6) is 1.52. The van der Waals surface area contributed by atoms with Gasteiger partial charge in [0, 0.05) is 24.4 Å². The third-order valence-electron chi connectivity index (χ3n) is 3.28. The van der Waals surface area contributed by atoms with Crippen LogP contribution in [0.2, 0.25) is 5.15 Å². The second-order valence-corrected chi connectivity index (χ2v) is 7.39. The van der Waals surface area contributed by atoms with Crippen molar-refractivity contribution in [3.05, 3.63) is 29.7 Å². The average Bonchev–Trinajstić information content (AvgIpc) is 2.98. The van der Waals surface area contributed by atoms with Crippen LogP contribution < -0.4 is 4.90 Å². The fourth-order valence-electron chi connectivity index (χ4n) is 2.04. The van der Waals surface area contributed by atoms with Crippen molar-refractivity contribution in [2.24, 2.45) is 0 Å². The van der Waals surface area contributed by atoms with Crippen molar-refractivity contribution >= 4 is 45.6 Å². The first kappa shape index (κ1) is 20.6. The van der Waals surface area contributed by atoms with Gasteiger partial charge < -0.3 is 0 Å². The van der Waals surface area contributed by atoms with Gasteiger partial charge in [-0.25, -0.2) is 4.98 Å². The number of thioether (sulfide) groups is 1. The molecule has 1 unspecified atom stereocenters. The zero-order chi connectivity index (χ0) is 19.3. The molecule has 0 aromatic carbocycles. The highest BCUT2D eigenvalue weighted by atomic mass is 35.5. The number of carbonyl (C=O) groups is 1. The molecule has 0 N–H and O–H groups in total. The van der Waals surface area contributed by atoms with Gasteiger partial charge in [0.1, 0.15) is 15.3 Å². The van der Waals surface area contributed by atoms with E-state index in [4.69, 9.17) is 18.0 Å². The predicted molar refractivity (Wildman–Crippen MR) is 99.5 cm³/mol. The SMILES string of the molecule is C#CCN(C(=O)CC(SC)C(F)(F)F)c1sc(-c2cccnc2)nc1Cl. The number of anilines is 1. The lowest BCUT2D eigenvalue weighted by atomic mass is 10.2. The van der Waals surface area contributed by atoms with E-state index in [-0.39, 0.29) is 16.7 Å². The molecule has 0 bridgehead atoms. The molecule has 0 aliphatic carbocycles. The number of pyridine rings is 1. The summed E-state index contributed by atoms with van der Waals surface area (Å²) in [6.45, 7) is -0.202. The van der Waals surface area contributed by atoms with Gasteiger partial charge in [-0.2, -0.15) is 24.9 Å². The summed E-state index contributed by atoms with van der Waals surface area (Å²) < 4.78 is 38.9. The monoisotopic (exact) mass is 419 g/mol. The molecule has 138 valence electrons. The summed E-state index contributed by atoms with van der Waals surface area (Å²) in [6, 6.07) is 3.47. The zero-order valence-corrected chi connectivity index (χ0v) is 15.8. The molecule has 10 heteroatoms. The number of halogens is 4. The maximum absolute atomic E-state index is 13.0. The van der Waals surface area contributed by atoms with Crippen LogP contribution >= 0.6 is 34.7 Å². The van der Waals surface area contributed by atoms with Crippen molar-refractivity contribution in [2.45, 2.75) is 17.8 Å². The first-order chi connectivity index (χ1) is 12.3. The van der Waals surface area contributed by atoms with Gasteiger partial charge in [0.15, 0.2) is 5.15 Å². The number of nitrogens with zero attached hydrogens (tertiary/aromatic N) is 3. The van der Waals surface area contributed by atoms with Crippen molar-refractivity contribution < 1.29 is 18.0 Å². The van der Waals surface area contributed by atoms with Crippen LogP contribution in [0.4, 0.5) is 18.2 Å². The van der Waals surface area contributed by atoms with Gasteiger partial charge >= 0.3 is 6.18 Å². The molecule has 0 aliphatic rings. The van der Waals surface area contributed by atoms with E-state index in [9.17, 15) is 18.0 Å². The van der Waals surface area contributed by atoms with Gasteiger partial charge in [-0.1, -0.05) is 28.9 Å². The zero-order valence-electron chi connectivity index (χ0n) is 13.5. The predicted octanol–water partition coefficient (Wildman–Crippen LogP) is 4.51. The summed E-state index contributed by atoms with van der Waals surface area (Å²) in [5, 5.41) is -1.11. The lowest BCUT2D eigenvalue weighted by Crippen LogP contribution is -2.37. The highest BCUT2D eigenvalue weighted by Gasteiger charge is 2.41. The van der Waals surface area contributed by atoms with E-state index in [2.05, 4.69) is 15.9 Å². The smallest absolute Gasteiger partial charge is 0.289 e. The minimum Gasteiger partial charge on any atom is -0.289 e. The highest BCUT2D eigenvalue weighted by Crippen LogP contribution is 2.39. The molecule has 0 aliphatic heterocycles. The van der Waals surface area contributed by atoms with Gasteiger partial charge in [-0.15, -0.1) is 6.42 Å². The van der Waals surface area contributed by atoms with Crippen LogP contribution in [0.5, 0.6) is 0 Å². The van der Waals surface area contributed by atoms with Crippen molar-refractivity contribution in [3.8, 4) is 22.9 Å². The number of aromatic nitrogens is 2. The van der Waals surface area contributed by atoms with Gasteiger partial charge in [-0.05, 0) is 18.4 Å². The van der Waals surface area contributed by atoms with Crippen LogP contribution in [0.15, 0.2) is 24.5 Å². The number of hydrogen-bond acceptors (Lipinski definition) is 5. The van der Waals surface area contributed by atoms with Crippen LogP contribution in [0.3, 0.4) is 0 Å². The van der Waals surface area contributed by atoms with Gasteiger partial charge in [0.05, 0.1) is 6.54 Å². The Kier molecular flexibility index (Phi) is 6.92. The maximum atomic E-state index is 13.0. The Hall–Kier alpha value is -1.76. The van der Waals surface area contributed by atoms with Gasteiger partial charge in [-0.3, -0.25) is 14.7 Å². The summed E-state index contributed by atoms with van der Waals surface area (Å²) in [4.78, 5) is 21.7. The van der Waals surface area contributed by atoms with Gasteiger partial charge in [0.25, 0.3) is 0 Å². The topological polar surface area (TPSA) is 46.1 Å². The molecule has 1 atom stereocenters. The third kappa shape index (κ3) is 4.90. The maximum Gasteiger partial charge on any atom is 0.401 e. The second kappa shape index (κ2) is 8.75. The Morgan fingerprint density at radius 2 is 2.27 bits per heavy atom. The number of terminal acetylenes is 1. The number of thiazole rings is 1. The number of carbonyl (C=O) groups excluding carboxylic acids is 1. The molecule has 2 aromatic rings. The van der Waals surface area contributed by atoms with E-state index < -0.39 is 23.8 Å². The Morgan fingerprint density at radius 1 is 1.54 bits per heavy atom. The molecule has 2 heterocycles. The molecule has 0 radical (unpaired) electrons. The number of hydrogen-bond donors (Lipinski definition) is 0. The van der Waals surface area contributed by atoms with Crippen molar-refractivity contribution in [3.63, 3.8) is 0 Å². The molecular formula is C16H13ClF3N3OS2.